The van der Waals surface area contributed by atoms with Crippen molar-refractivity contribution in [1.82, 2.24) is 0 Å². The Morgan fingerprint density at radius 2 is 0.529 bits per heavy atom. The molecule has 0 heteroatoms. The van der Waals surface area contributed by atoms with E-state index in [4.69, 9.17) is 0 Å². The van der Waals surface area contributed by atoms with Gasteiger partial charge in [-0.3, -0.25) is 0 Å². The first kappa shape index (κ1) is 33.2. The molecule has 0 aromatic heterocycles. The molecule has 0 amide bonds. The molecule has 0 N–H and O–H groups in total. The van der Waals surface area contributed by atoms with Crippen LogP contribution in [0.3, 0.4) is 0 Å². The Morgan fingerprint density at radius 1 is 0.265 bits per heavy atom. The van der Waals surface area contributed by atoms with Crippen LogP contribution < -0.4 is 0 Å². The van der Waals surface area contributed by atoms with E-state index >= 15 is 0 Å². The second kappa shape index (κ2) is 32.2. The molecule has 0 aromatic rings. The standard InChI is InChI=1S/C34H64/c1-3-5-7-9-11-13-15-17-19-21-23-25-27-29-31-33-34-32-30-28-26-24-22-20-18-16-14-12-10-8-6-4-2/h9,11,15-18H,3-8,10,12-14,19-34H2,1-2H3/b11-9?,17-15+,18-16?. The van der Waals surface area contributed by atoms with Crippen LogP contribution in [-0.2, 0) is 0 Å². The van der Waals surface area contributed by atoms with Crippen molar-refractivity contribution in [2.75, 3.05) is 0 Å². The summed E-state index contributed by atoms with van der Waals surface area (Å²) in [7, 11) is 0. The highest BCUT2D eigenvalue weighted by Crippen LogP contribution is 2.14. The van der Waals surface area contributed by atoms with Crippen molar-refractivity contribution in [3.63, 3.8) is 0 Å². The molecule has 0 bridgehead atoms. The molecule has 0 aliphatic heterocycles. The second-order valence-corrected chi connectivity index (χ2v) is 10.5. The average Bonchev–Trinajstić information content (AvgIpc) is 2.85. The fourth-order valence-corrected chi connectivity index (χ4v) is 4.58. The maximum absolute atomic E-state index is 2.44. The van der Waals surface area contributed by atoms with E-state index in [-0.39, 0.29) is 0 Å². The molecule has 0 atom stereocenters. The van der Waals surface area contributed by atoms with E-state index < -0.39 is 0 Å². The van der Waals surface area contributed by atoms with Crippen LogP contribution in [0.5, 0.6) is 0 Å². The molecule has 200 valence electrons. The molecular formula is C34H64. The largest absolute Gasteiger partial charge is 0.0885 e. The van der Waals surface area contributed by atoms with Crippen molar-refractivity contribution in [1.29, 1.82) is 0 Å². The topological polar surface area (TPSA) is 0 Å². The third kappa shape index (κ3) is 31.2. The summed E-state index contributed by atoms with van der Waals surface area (Å²) < 4.78 is 0. The average molecular weight is 473 g/mol. The molecule has 0 heterocycles. The molecule has 0 saturated carbocycles. The number of unbranched alkanes of at least 4 members (excludes halogenated alkanes) is 22. The molecule has 0 aliphatic carbocycles. The van der Waals surface area contributed by atoms with Gasteiger partial charge in [0.05, 0.1) is 0 Å². The molecular weight excluding hydrogens is 408 g/mol. The first-order valence-electron chi connectivity index (χ1n) is 15.9. The van der Waals surface area contributed by atoms with Crippen LogP contribution >= 0.6 is 0 Å². The lowest BCUT2D eigenvalue weighted by molar-refractivity contribution is 0.534. The van der Waals surface area contributed by atoms with Gasteiger partial charge in [-0.15, -0.1) is 0 Å². The highest BCUT2D eigenvalue weighted by Gasteiger charge is 1.94. The number of allylic oxidation sites excluding steroid dienone is 6. The predicted octanol–water partition coefficient (Wildman–Crippen LogP) is 12.8. The van der Waals surface area contributed by atoms with E-state index in [0.717, 1.165) is 6.42 Å². The Labute approximate surface area is 217 Å². The maximum atomic E-state index is 2.44. The Hall–Kier alpha value is -0.780. The highest BCUT2D eigenvalue weighted by molar-refractivity contribution is 4.92. The summed E-state index contributed by atoms with van der Waals surface area (Å²) >= 11 is 0. The molecule has 0 fully saturated rings. The normalized spacial score (nSPS) is 12.2. The van der Waals surface area contributed by atoms with Crippen LogP contribution in [-0.4, -0.2) is 0 Å². The van der Waals surface area contributed by atoms with Gasteiger partial charge in [0.2, 0.25) is 0 Å². The van der Waals surface area contributed by atoms with Crippen molar-refractivity contribution < 1.29 is 0 Å². The minimum Gasteiger partial charge on any atom is -0.0885 e. The quantitative estimate of drug-likeness (QED) is 0.0784. The summed E-state index contributed by atoms with van der Waals surface area (Å²) in [4.78, 5) is 0. The summed E-state index contributed by atoms with van der Waals surface area (Å²) in [6, 6.07) is 0. The van der Waals surface area contributed by atoms with Gasteiger partial charge >= 0.3 is 0 Å². The zero-order chi connectivity index (χ0) is 24.6. The van der Waals surface area contributed by atoms with Crippen molar-refractivity contribution >= 4 is 0 Å². The Morgan fingerprint density at radius 3 is 0.882 bits per heavy atom. The van der Waals surface area contributed by atoms with Gasteiger partial charge in [-0.1, -0.05) is 166 Å². The smallest absolute Gasteiger partial charge is 0.0169 e. The van der Waals surface area contributed by atoms with Crippen LogP contribution in [0.2, 0.25) is 0 Å². The lowest BCUT2D eigenvalue weighted by Crippen LogP contribution is -1.83. The van der Waals surface area contributed by atoms with Gasteiger partial charge in [-0.05, 0) is 51.4 Å². The van der Waals surface area contributed by atoms with Gasteiger partial charge in [-0.2, -0.15) is 0 Å². The van der Waals surface area contributed by atoms with E-state index in [1.54, 1.807) is 0 Å². The van der Waals surface area contributed by atoms with Crippen molar-refractivity contribution in [3.8, 4) is 0 Å². The van der Waals surface area contributed by atoms with E-state index in [2.05, 4.69) is 50.3 Å². The van der Waals surface area contributed by atoms with Gasteiger partial charge in [0.15, 0.2) is 0 Å². The monoisotopic (exact) mass is 473 g/mol. The van der Waals surface area contributed by atoms with Crippen LogP contribution in [0.4, 0.5) is 0 Å². The van der Waals surface area contributed by atoms with Gasteiger partial charge in [0, 0.05) is 0 Å². The summed E-state index contributed by atoms with van der Waals surface area (Å²) in [6.45, 7) is 4.55. The fraction of sp³-hybridized carbons (Fsp3) is 0.824. The molecule has 34 heavy (non-hydrogen) atoms. The van der Waals surface area contributed by atoms with Crippen molar-refractivity contribution in [2.45, 2.75) is 181 Å². The fourth-order valence-electron chi connectivity index (χ4n) is 4.58. The first-order valence-corrected chi connectivity index (χ1v) is 15.9. The van der Waals surface area contributed by atoms with Crippen molar-refractivity contribution in [3.05, 3.63) is 36.5 Å². The molecule has 0 nitrogen and oxygen atoms in total. The summed E-state index contributed by atoms with van der Waals surface area (Å²) in [5.74, 6) is 0. The Kier molecular flexibility index (Phi) is 31.5. The van der Waals surface area contributed by atoms with E-state index in [1.807, 2.05) is 0 Å². The zero-order valence-electron chi connectivity index (χ0n) is 23.8. The lowest BCUT2D eigenvalue weighted by atomic mass is 10.0. The summed E-state index contributed by atoms with van der Waals surface area (Å²) in [5, 5.41) is 0. The second-order valence-electron chi connectivity index (χ2n) is 10.5. The minimum absolute atomic E-state index is 1.13. The number of rotatable bonds is 28. The van der Waals surface area contributed by atoms with Crippen molar-refractivity contribution in [2.24, 2.45) is 0 Å². The third-order valence-electron chi connectivity index (χ3n) is 6.96. The predicted molar refractivity (Wildman–Crippen MR) is 159 cm³/mol. The van der Waals surface area contributed by atoms with Crippen LogP contribution in [0, 0.1) is 0 Å². The third-order valence-corrected chi connectivity index (χ3v) is 6.96. The van der Waals surface area contributed by atoms with E-state index in [1.165, 1.54) is 161 Å². The number of hydrogen-bond donors (Lipinski definition) is 0. The van der Waals surface area contributed by atoms with Gasteiger partial charge < -0.3 is 0 Å². The molecule has 0 saturated heterocycles. The molecule has 0 aromatic carbocycles. The van der Waals surface area contributed by atoms with Gasteiger partial charge in [-0.25, -0.2) is 0 Å². The maximum Gasteiger partial charge on any atom is -0.0169 e. The molecule has 0 spiro atoms. The highest BCUT2D eigenvalue weighted by atomic mass is 14.0. The summed E-state index contributed by atoms with van der Waals surface area (Å²) in [5.41, 5.74) is 0. The SMILES string of the molecule is CCCCC=CC/C=C/CCCCCCCCCCCCCCCCC=CCCCCCCC. The van der Waals surface area contributed by atoms with Crippen LogP contribution in [0.15, 0.2) is 36.5 Å². The molecule has 0 rings (SSSR count). The van der Waals surface area contributed by atoms with E-state index in [0.29, 0.717) is 0 Å². The van der Waals surface area contributed by atoms with E-state index in [9.17, 15) is 0 Å². The molecule has 0 aliphatic rings. The Balaban J connectivity index is 3.12. The van der Waals surface area contributed by atoms with Crippen LogP contribution in [0.25, 0.3) is 0 Å². The minimum atomic E-state index is 1.13. The first-order chi connectivity index (χ1) is 16.9. The Bertz CT molecular complexity index is 427. The molecule has 0 radical (unpaired) electrons. The lowest BCUT2D eigenvalue weighted by Gasteiger charge is -2.03. The van der Waals surface area contributed by atoms with Gasteiger partial charge in [0.1, 0.15) is 0 Å². The van der Waals surface area contributed by atoms with Crippen LogP contribution in [0.1, 0.15) is 181 Å². The van der Waals surface area contributed by atoms with Gasteiger partial charge in [0.25, 0.3) is 0 Å². The summed E-state index contributed by atoms with van der Waals surface area (Å²) in [6.07, 6.45) is 50.5. The molecule has 0 unspecified atom stereocenters. The zero-order valence-corrected chi connectivity index (χ0v) is 23.8. The number of hydrogen-bond acceptors (Lipinski definition) is 0.